The Morgan fingerprint density at radius 1 is 1.41 bits per heavy atom. The first-order chi connectivity index (χ1) is 10.6. The molecule has 0 saturated carbocycles. The van der Waals surface area contributed by atoms with Gasteiger partial charge in [0, 0.05) is 0 Å². The number of fused-ring (bicyclic) bond motifs is 1. The van der Waals surface area contributed by atoms with Crippen molar-refractivity contribution in [1.29, 1.82) is 0 Å². The maximum atomic E-state index is 13.1. The SMILES string of the molecule is CCOC(=O)[C@@H]1Sc2nnc(C)n2N[C@@H]1c1ccc(F)cc1. The highest BCUT2D eigenvalue weighted by Gasteiger charge is 2.38. The molecule has 0 radical (unpaired) electrons. The fourth-order valence-electron chi connectivity index (χ4n) is 2.28. The summed E-state index contributed by atoms with van der Waals surface area (Å²) >= 11 is 1.29. The van der Waals surface area contributed by atoms with Gasteiger partial charge < -0.3 is 10.2 Å². The van der Waals surface area contributed by atoms with Crippen LogP contribution in [0.5, 0.6) is 0 Å². The largest absolute Gasteiger partial charge is 0.465 e. The third-order valence-corrected chi connectivity index (χ3v) is 4.54. The summed E-state index contributed by atoms with van der Waals surface area (Å²) in [5.74, 6) is 0.0409. The van der Waals surface area contributed by atoms with E-state index in [-0.39, 0.29) is 17.8 Å². The number of aromatic nitrogens is 3. The van der Waals surface area contributed by atoms with Crippen LogP contribution in [-0.2, 0) is 9.53 Å². The molecular formula is C14H15FN4O2S. The van der Waals surface area contributed by atoms with Gasteiger partial charge >= 0.3 is 5.97 Å². The van der Waals surface area contributed by atoms with Gasteiger partial charge in [0.1, 0.15) is 16.9 Å². The van der Waals surface area contributed by atoms with Crippen molar-refractivity contribution < 1.29 is 13.9 Å². The predicted octanol–water partition coefficient (Wildman–Crippen LogP) is 2.05. The molecule has 0 bridgehead atoms. The first kappa shape index (κ1) is 14.8. The van der Waals surface area contributed by atoms with Crippen LogP contribution in [0.4, 0.5) is 4.39 Å². The van der Waals surface area contributed by atoms with Crippen LogP contribution in [0.2, 0.25) is 0 Å². The number of hydrogen-bond donors (Lipinski definition) is 1. The minimum absolute atomic E-state index is 0.303. The maximum Gasteiger partial charge on any atom is 0.322 e. The Morgan fingerprint density at radius 2 is 2.14 bits per heavy atom. The molecule has 2 aromatic rings. The number of benzene rings is 1. The number of nitrogens with one attached hydrogen (secondary N) is 1. The maximum absolute atomic E-state index is 13.1. The van der Waals surface area contributed by atoms with E-state index in [1.807, 2.05) is 6.92 Å². The molecule has 2 atom stereocenters. The van der Waals surface area contributed by atoms with Gasteiger partial charge in [-0.05, 0) is 31.5 Å². The number of ether oxygens (including phenoxy) is 1. The van der Waals surface area contributed by atoms with Gasteiger partial charge in [-0.15, -0.1) is 10.2 Å². The van der Waals surface area contributed by atoms with Crippen molar-refractivity contribution in [2.75, 3.05) is 12.0 Å². The zero-order valence-electron chi connectivity index (χ0n) is 12.1. The zero-order chi connectivity index (χ0) is 15.7. The average molecular weight is 322 g/mol. The summed E-state index contributed by atoms with van der Waals surface area (Å²) in [7, 11) is 0. The number of halogens is 1. The van der Waals surface area contributed by atoms with E-state index in [2.05, 4.69) is 15.6 Å². The van der Waals surface area contributed by atoms with E-state index >= 15 is 0 Å². The number of hydrogen-bond acceptors (Lipinski definition) is 6. The number of rotatable bonds is 3. The molecule has 1 N–H and O–H groups in total. The fourth-order valence-corrected chi connectivity index (χ4v) is 3.41. The molecule has 116 valence electrons. The number of carbonyl (C=O) groups is 1. The topological polar surface area (TPSA) is 69.0 Å². The first-order valence-corrected chi connectivity index (χ1v) is 7.75. The Labute approximate surface area is 131 Å². The Kier molecular flexibility index (Phi) is 4.02. The summed E-state index contributed by atoms with van der Waals surface area (Å²) in [5, 5.41) is 8.13. The Bertz CT molecular complexity index is 689. The minimum atomic E-state index is -0.512. The molecule has 22 heavy (non-hydrogen) atoms. The van der Waals surface area contributed by atoms with Crippen molar-refractivity contribution in [3.63, 3.8) is 0 Å². The molecule has 1 aromatic heterocycles. The smallest absolute Gasteiger partial charge is 0.322 e. The van der Waals surface area contributed by atoms with Gasteiger partial charge in [0.15, 0.2) is 0 Å². The lowest BCUT2D eigenvalue weighted by Crippen LogP contribution is -2.39. The van der Waals surface area contributed by atoms with Gasteiger partial charge in [0.05, 0.1) is 12.6 Å². The van der Waals surface area contributed by atoms with Crippen molar-refractivity contribution in [1.82, 2.24) is 14.9 Å². The van der Waals surface area contributed by atoms with Crippen molar-refractivity contribution in [3.8, 4) is 0 Å². The van der Waals surface area contributed by atoms with Crippen LogP contribution in [-0.4, -0.2) is 32.7 Å². The van der Waals surface area contributed by atoms with Crippen molar-refractivity contribution in [3.05, 3.63) is 41.5 Å². The molecule has 0 aliphatic carbocycles. The highest BCUT2D eigenvalue weighted by molar-refractivity contribution is 8.00. The number of thioether (sulfide) groups is 1. The van der Waals surface area contributed by atoms with E-state index in [1.165, 1.54) is 23.9 Å². The Hall–Kier alpha value is -2.09. The highest BCUT2D eigenvalue weighted by atomic mass is 32.2. The molecule has 0 amide bonds. The quantitative estimate of drug-likeness (QED) is 0.872. The number of esters is 1. The van der Waals surface area contributed by atoms with Gasteiger partial charge in [-0.2, -0.15) is 0 Å². The van der Waals surface area contributed by atoms with Crippen LogP contribution >= 0.6 is 11.8 Å². The lowest BCUT2D eigenvalue weighted by atomic mass is 10.0. The van der Waals surface area contributed by atoms with E-state index in [4.69, 9.17) is 4.74 Å². The van der Waals surface area contributed by atoms with Crippen LogP contribution in [0.3, 0.4) is 0 Å². The third-order valence-electron chi connectivity index (χ3n) is 3.35. The first-order valence-electron chi connectivity index (χ1n) is 6.87. The van der Waals surface area contributed by atoms with Gasteiger partial charge in [0.25, 0.3) is 0 Å². The van der Waals surface area contributed by atoms with E-state index in [1.54, 1.807) is 23.7 Å². The number of carbonyl (C=O) groups excluding carboxylic acids is 1. The van der Waals surface area contributed by atoms with Crippen molar-refractivity contribution >= 4 is 17.7 Å². The van der Waals surface area contributed by atoms with E-state index in [9.17, 15) is 9.18 Å². The molecule has 1 aliphatic rings. The second kappa shape index (κ2) is 5.96. The average Bonchev–Trinajstić information content (AvgIpc) is 2.88. The van der Waals surface area contributed by atoms with Gasteiger partial charge in [-0.3, -0.25) is 4.79 Å². The summed E-state index contributed by atoms with van der Waals surface area (Å²) in [6.07, 6.45) is 0. The van der Waals surface area contributed by atoms with E-state index in [0.29, 0.717) is 17.6 Å². The molecule has 0 spiro atoms. The normalized spacial score (nSPS) is 20.1. The molecule has 0 unspecified atom stereocenters. The second-order valence-corrected chi connectivity index (χ2v) is 5.92. The third kappa shape index (κ3) is 2.66. The molecule has 2 heterocycles. The summed E-state index contributed by atoms with van der Waals surface area (Å²) in [5.41, 5.74) is 4.01. The molecule has 3 rings (SSSR count). The zero-order valence-corrected chi connectivity index (χ0v) is 12.9. The fraction of sp³-hybridized carbons (Fsp3) is 0.357. The van der Waals surface area contributed by atoms with Crippen LogP contribution in [0.1, 0.15) is 24.4 Å². The van der Waals surface area contributed by atoms with Crippen molar-refractivity contribution in [2.24, 2.45) is 0 Å². The summed E-state index contributed by atoms with van der Waals surface area (Å²) in [6.45, 7) is 3.88. The monoisotopic (exact) mass is 322 g/mol. The molecule has 0 fully saturated rings. The van der Waals surface area contributed by atoms with E-state index in [0.717, 1.165) is 5.56 Å². The van der Waals surface area contributed by atoms with Gasteiger partial charge in [-0.25, -0.2) is 9.07 Å². The molecule has 1 aliphatic heterocycles. The highest BCUT2D eigenvalue weighted by Crippen LogP contribution is 2.37. The molecular weight excluding hydrogens is 307 g/mol. The van der Waals surface area contributed by atoms with Crippen LogP contribution < -0.4 is 5.43 Å². The van der Waals surface area contributed by atoms with E-state index < -0.39 is 5.25 Å². The lowest BCUT2D eigenvalue weighted by molar-refractivity contribution is -0.142. The van der Waals surface area contributed by atoms with Crippen LogP contribution in [0, 0.1) is 12.7 Å². The second-order valence-electron chi connectivity index (χ2n) is 4.81. The standard InChI is InChI=1S/C14H15FN4O2S/c1-3-21-13(20)12-11(9-4-6-10(15)7-5-9)18-19-8(2)16-17-14(19)22-12/h4-7,11-12,18H,3H2,1-2H3/t11-,12-/m1/s1. The van der Waals surface area contributed by atoms with Crippen molar-refractivity contribution in [2.45, 2.75) is 30.3 Å². The lowest BCUT2D eigenvalue weighted by Gasteiger charge is -2.32. The number of nitrogens with zero attached hydrogens (tertiary/aromatic N) is 3. The van der Waals surface area contributed by atoms with Crippen LogP contribution in [0.25, 0.3) is 0 Å². The summed E-state index contributed by atoms with van der Waals surface area (Å²) in [4.78, 5) is 12.3. The van der Waals surface area contributed by atoms with Gasteiger partial charge in [0.2, 0.25) is 5.16 Å². The summed E-state index contributed by atoms with van der Waals surface area (Å²) < 4.78 is 20.0. The summed E-state index contributed by atoms with van der Waals surface area (Å²) in [6, 6.07) is 5.71. The Morgan fingerprint density at radius 3 is 2.82 bits per heavy atom. The minimum Gasteiger partial charge on any atom is -0.465 e. The molecule has 1 aromatic carbocycles. The molecule has 8 heteroatoms. The molecule has 0 saturated heterocycles. The predicted molar refractivity (Wildman–Crippen MR) is 79.5 cm³/mol. The number of aryl methyl sites for hydroxylation is 1. The van der Waals surface area contributed by atoms with Gasteiger partial charge in [-0.1, -0.05) is 23.9 Å². The molecule has 6 nitrogen and oxygen atoms in total. The van der Waals surface area contributed by atoms with Crippen LogP contribution in [0.15, 0.2) is 29.4 Å². The Balaban J connectivity index is 1.97.